The van der Waals surface area contributed by atoms with E-state index in [-0.39, 0.29) is 24.3 Å². The molecular formula is C11H22N6O3S. The van der Waals surface area contributed by atoms with Crippen molar-refractivity contribution in [2.75, 3.05) is 43.1 Å². The van der Waals surface area contributed by atoms with E-state index >= 15 is 0 Å². The van der Waals surface area contributed by atoms with Gasteiger partial charge in [0.25, 0.3) is 0 Å². The maximum Gasteiger partial charge on any atom is 0.323 e. The number of sulfonamides is 1. The predicted octanol–water partition coefficient (Wildman–Crippen LogP) is 0.0533. The molecule has 0 radical (unpaired) electrons. The molecule has 0 aliphatic heterocycles. The fourth-order valence-electron chi connectivity index (χ4n) is 1.39. The summed E-state index contributed by atoms with van der Waals surface area (Å²) in [7, 11) is -1.59. The van der Waals surface area contributed by atoms with Crippen LogP contribution < -0.4 is 20.1 Å². The van der Waals surface area contributed by atoms with Gasteiger partial charge in [-0.15, -0.1) is 0 Å². The summed E-state index contributed by atoms with van der Waals surface area (Å²) in [6, 6.07) is 0.202. The Bertz CT molecular complexity index is 537. The van der Waals surface area contributed by atoms with Crippen LogP contribution in [0, 0.1) is 0 Å². The van der Waals surface area contributed by atoms with Crippen molar-refractivity contribution in [2.45, 2.75) is 20.3 Å². The SMILES string of the molecule is CCCOc1nc(NC)nc(NCCS(=O)(=O)NCC)n1. The van der Waals surface area contributed by atoms with E-state index in [9.17, 15) is 8.42 Å². The van der Waals surface area contributed by atoms with Gasteiger partial charge in [-0.25, -0.2) is 13.1 Å². The first-order valence-electron chi connectivity index (χ1n) is 6.78. The molecule has 0 aliphatic carbocycles. The van der Waals surface area contributed by atoms with Crippen LogP contribution in [-0.2, 0) is 10.0 Å². The third-order valence-electron chi connectivity index (χ3n) is 2.29. The van der Waals surface area contributed by atoms with E-state index in [0.717, 1.165) is 6.42 Å². The van der Waals surface area contributed by atoms with E-state index in [2.05, 4.69) is 30.3 Å². The Kier molecular flexibility index (Phi) is 7.09. The number of anilines is 2. The minimum Gasteiger partial charge on any atom is -0.463 e. The van der Waals surface area contributed by atoms with Gasteiger partial charge in [0, 0.05) is 20.1 Å². The Hall–Kier alpha value is -1.68. The molecule has 120 valence electrons. The summed E-state index contributed by atoms with van der Waals surface area (Å²) in [6.45, 7) is 4.77. The summed E-state index contributed by atoms with van der Waals surface area (Å²) < 4.78 is 30.8. The smallest absolute Gasteiger partial charge is 0.323 e. The largest absolute Gasteiger partial charge is 0.463 e. The summed E-state index contributed by atoms with van der Waals surface area (Å²) >= 11 is 0. The molecule has 1 aromatic rings. The molecule has 21 heavy (non-hydrogen) atoms. The molecule has 0 aromatic carbocycles. The molecule has 9 nitrogen and oxygen atoms in total. The molecule has 1 aromatic heterocycles. The molecule has 0 spiro atoms. The molecule has 0 saturated carbocycles. The topological polar surface area (TPSA) is 118 Å². The van der Waals surface area contributed by atoms with E-state index in [4.69, 9.17) is 4.74 Å². The van der Waals surface area contributed by atoms with Gasteiger partial charge < -0.3 is 15.4 Å². The van der Waals surface area contributed by atoms with Gasteiger partial charge >= 0.3 is 6.01 Å². The number of nitrogens with zero attached hydrogens (tertiary/aromatic N) is 3. The van der Waals surface area contributed by atoms with Crippen LogP contribution >= 0.6 is 0 Å². The maximum absolute atomic E-state index is 11.5. The zero-order valence-electron chi connectivity index (χ0n) is 12.5. The molecule has 0 aliphatic rings. The number of nitrogens with one attached hydrogen (secondary N) is 3. The Morgan fingerprint density at radius 2 is 1.86 bits per heavy atom. The van der Waals surface area contributed by atoms with Crippen molar-refractivity contribution in [3.05, 3.63) is 0 Å². The molecule has 0 fully saturated rings. The van der Waals surface area contributed by atoms with Crippen LogP contribution in [-0.4, -0.2) is 55.9 Å². The lowest BCUT2D eigenvalue weighted by Gasteiger charge is -2.09. The minimum atomic E-state index is -3.27. The number of aromatic nitrogens is 3. The van der Waals surface area contributed by atoms with E-state index in [0.29, 0.717) is 19.1 Å². The van der Waals surface area contributed by atoms with Crippen LogP contribution in [0.2, 0.25) is 0 Å². The summed E-state index contributed by atoms with van der Waals surface area (Å²) in [4.78, 5) is 12.2. The molecule has 0 bridgehead atoms. The molecular weight excluding hydrogens is 296 g/mol. The highest BCUT2D eigenvalue weighted by Crippen LogP contribution is 2.10. The van der Waals surface area contributed by atoms with Gasteiger partial charge in [0.1, 0.15) is 0 Å². The van der Waals surface area contributed by atoms with Crippen LogP contribution in [0.4, 0.5) is 11.9 Å². The molecule has 3 N–H and O–H groups in total. The standard InChI is InChI=1S/C11H22N6O3S/c1-4-7-20-11-16-9(12-3)15-10(17-11)13-6-8-21(18,19)14-5-2/h14H,4-8H2,1-3H3,(H2,12,13,15,16,17). The Morgan fingerprint density at radius 3 is 2.48 bits per heavy atom. The molecule has 1 heterocycles. The van der Waals surface area contributed by atoms with Crippen LogP contribution in [0.1, 0.15) is 20.3 Å². The summed E-state index contributed by atoms with van der Waals surface area (Å²) in [6.07, 6.45) is 0.838. The van der Waals surface area contributed by atoms with Gasteiger partial charge in [-0.1, -0.05) is 13.8 Å². The average molecular weight is 318 g/mol. The van der Waals surface area contributed by atoms with Crippen molar-refractivity contribution in [2.24, 2.45) is 0 Å². The zero-order valence-corrected chi connectivity index (χ0v) is 13.3. The first-order chi connectivity index (χ1) is 10.0. The van der Waals surface area contributed by atoms with Crippen molar-refractivity contribution < 1.29 is 13.2 Å². The second-order valence-electron chi connectivity index (χ2n) is 4.11. The first-order valence-corrected chi connectivity index (χ1v) is 8.43. The predicted molar refractivity (Wildman–Crippen MR) is 81.1 cm³/mol. The fourth-order valence-corrected chi connectivity index (χ4v) is 2.35. The van der Waals surface area contributed by atoms with Gasteiger partial charge in [-0.2, -0.15) is 15.0 Å². The van der Waals surface area contributed by atoms with Gasteiger partial charge in [0.15, 0.2) is 0 Å². The second kappa shape index (κ2) is 8.57. The van der Waals surface area contributed by atoms with Crippen LogP contribution in [0.25, 0.3) is 0 Å². The highest BCUT2D eigenvalue weighted by Gasteiger charge is 2.10. The average Bonchev–Trinajstić information content (AvgIpc) is 2.44. The van der Waals surface area contributed by atoms with E-state index in [1.807, 2.05) is 6.92 Å². The lowest BCUT2D eigenvalue weighted by Crippen LogP contribution is -2.29. The number of hydrogen-bond donors (Lipinski definition) is 3. The Balaban J connectivity index is 2.65. The van der Waals surface area contributed by atoms with E-state index in [1.165, 1.54) is 0 Å². The molecule has 1 rings (SSSR count). The number of rotatable bonds is 10. The molecule has 0 unspecified atom stereocenters. The van der Waals surface area contributed by atoms with E-state index in [1.54, 1.807) is 14.0 Å². The molecule has 0 amide bonds. The maximum atomic E-state index is 11.5. The molecule has 0 saturated heterocycles. The first kappa shape index (κ1) is 17.4. The molecule has 0 atom stereocenters. The third-order valence-corrected chi connectivity index (χ3v) is 3.76. The third kappa shape index (κ3) is 6.54. The van der Waals surface area contributed by atoms with Crippen molar-refractivity contribution in [3.63, 3.8) is 0 Å². The highest BCUT2D eigenvalue weighted by molar-refractivity contribution is 7.89. The minimum absolute atomic E-state index is 0.0629. The Morgan fingerprint density at radius 1 is 1.14 bits per heavy atom. The summed E-state index contributed by atoms with van der Waals surface area (Å²) in [5.41, 5.74) is 0. The van der Waals surface area contributed by atoms with Gasteiger partial charge in [-0.3, -0.25) is 0 Å². The number of hydrogen-bond acceptors (Lipinski definition) is 8. The monoisotopic (exact) mass is 318 g/mol. The van der Waals surface area contributed by atoms with Crippen LogP contribution in [0.5, 0.6) is 6.01 Å². The zero-order chi connectivity index (χ0) is 15.7. The summed E-state index contributed by atoms with van der Waals surface area (Å²) in [5.74, 6) is 0.562. The van der Waals surface area contributed by atoms with Crippen LogP contribution in [0.15, 0.2) is 0 Å². The van der Waals surface area contributed by atoms with Crippen molar-refractivity contribution >= 4 is 21.9 Å². The highest BCUT2D eigenvalue weighted by atomic mass is 32.2. The normalized spacial score (nSPS) is 11.2. The van der Waals surface area contributed by atoms with Gasteiger partial charge in [-0.05, 0) is 6.42 Å². The fraction of sp³-hybridized carbons (Fsp3) is 0.727. The lowest BCUT2D eigenvalue weighted by atomic mass is 10.5. The quantitative estimate of drug-likeness (QED) is 0.554. The Labute approximate surface area is 125 Å². The second-order valence-corrected chi connectivity index (χ2v) is 6.03. The van der Waals surface area contributed by atoms with Crippen molar-refractivity contribution in [3.8, 4) is 6.01 Å². The van der Waals surface area contributed by atoms with Gasteiger partial charge in [0.05, 0.1) is 12.4 Å². The lowest BCUT2D eigenvalue weighted by molar-refractivity contribution is 0.292. The van der Waals surface area contributed by atoms with Crippen molar-refractivity contribution in [1.29, 1.82) is 0 Å². The van der Waals surface area contributed by atoms with Crippen LogP contribution in [0.3, 0.4) is 0 Å². The van der Waals surface area contributed by atoms with Crippen molar-refractivity contribution in [1.82, 2.24) is 19.7 Å². The number of ether oxygens (including phenoxy) is 1. The van der Waals surface area contributed by atoms with E-state index < -0.39 is 10.0 Å². The molecule has 10 heteroatoms. The van der Waals surface area contributed by atoms with Gasteiger partial charge in [0.2, 0.25) is 21.9 Å². The summed E-state index contributed by atoms with van der Waals surface area (Å²) in [5, 5.41) is 5.65.